The van der Waals surface area contributed by atoms with Gasteiger partial charge in [0, 0.05) is 48.4 Å². The minimum Gasteiger partial charge on any atom is -0.481 e. The quantitative estimate of drug-likeness (QED) is 0.0605. The topological polar surface area (TPSA) is 204 Å². The van der Waals surface area contributed by atoms with Gasteiger partial charge in [0.25, 0.3) is 0 Å². The number of carbonyl (C=O) groups is 5. The van der Waals surface area contributed by atoms with Crippen LogP contribution in [0.4, 0.5) is 0 Å². The summed E-state index contributed by atoms with van der Waals surface area (Å²) in [5, 5.41) is 34.4. The maximum absolute atomic E-state index is 12.0. The van der Waals surface area contributed by atoms with Crippen molar-refractivity contribution in [2.75, 3.05) is 35.8 Å². The fraction of sp³-hybridized carbons (Fsp3) is 0.873. The second-order valence-corrected chi connectivity index (χ2v) is 30.0. The fourth-order valence-corrected chi connectivity index (χ4v) is 13.3. The van der Waals surface area contributed by atoms with E-state index in [0.29, 0.717) is 47.3 Å². The van der Waals surface area contributed by atoms with Crippen LogP contribution in [0.1, 0.15) is 206 Å². The standard InChI is InChI=1S/C22H38N2O3S.C14H26O.C10H20O2S.C9H18O4S/c1-15-13-16-18(24-15)14-28-19(16)10-5-6-11-20(25)23-12-8-7-9-17(21(26)27)22(2,3)4;1-12(15)10-14(11-13(2,3)4)8-6-5-7-9-14;1-5-13-7-6-8(9(11)12)10(2,3)4;1-9(2,3)7(8(10)11)5-6-14(4,12)13/h16-19,24H,1,5-14H2,2-4H3,(H,23,25)(H,26,27);5-11H2,1-4H3;8H,5-7H2,1-4H3,(H,11,12);7H,5-6H2,1-4H3,(H,10,11). The summed E-state index contributed by atoms with van der Waals surface area (Å²) in [4.78, 5) is 56.6. The summed E-state index contributed by atoms with van der Waals surface area (Å²) in [6.45, 7) is 32.7. The molecule has 70 heavy (non-hydrogen) atoms. The molecule has 0 radical (unpaired) electrons. The molecule has 2 saturated heterocycles. The van der Waals surface area contributed by atoms with Crippen LogP contribution in [0.3, 0.4) is 0 Å². The molecule has 0 spiro atoms. The molecule has 3 rings (SSSR count). The zero-order valence-corrected chi connectivity index (χ0v) is 49.1. The molecule has 3 fully saturated rings. The van der Waals surface area contributed by atoms with E-state index in [1.54, 1.807) is 39.5 Å². The highest BCUT2D eigenvalue weighted by atomic mass is 32.2. The Kier molecular flexibility index (Phi) is 30.5. The monoisotopic (exact) mass is 1050 g/mol. The van der Waals surface area contributed by atoms with Gasteiger partial charge >= 0.3 is 17.9 Å². The molecule has 15 heteroatoms. The van der Waals surface area contributed by atoms with Crippen molar-refractivity contribution in [2.45, 2.75) is 217 Å². The van der Waals surface area contributed by atoms with E-state index in [-0.39, 0.29) is 40.7 Å². The van der Waals surface area contributed by atoms with Gasteiger partial charge in [-0.1, -0.05) is 129 Å². The van der Waals surface area contributed by atoms with Crippen molar-refractivity contribution in [3.8, 4) is 0 Å². The Labute approximate surface area is 435 Å². The molecular formula is C55H102N2O10S3. The van der Waals surface area contributed by atoms with Gasteiger partial charge in [-0.3, -0.25) is 19.2 Å². The highest BCUT2D eigenvalue weighted by Gasteiger charge is 2.41. The number of thioether (sulfide) groups is 2. The van der Waals surface area contributed by atoms with Gasteiger partial charge in [-0.25, -0.2) is 8.42 Å². The zero-order chi connectivity index (χ0) is 54.3. The number of nitrogens with one attached hydrogen (secondary N) is 2. The number of allylic oxidation sites excluding steroid dienone is 1. The van der Waals surface area contributed by atoms with Crippen LogP contribution in [0.2, 0.25) is 0 Å². The van der Waals surface area contributed by atoms with Crippen LogP contribution in [0.15, 0.2) is 12.3 Å². The summed E-state index contributed by atoms with van der Waals surface area (Å²) in [6, 6.07) is 0.616. The fourth-order valence-electron chi connectivity index (χ4n) is 10.3. The van der Waals surface area contributed by atoms with Gasteiger partial charge in [0.05, 0.1) is 23.5 Å². The first kappa shape index (κ1) is 67.7. The predicted octanol–water partition coefficient (Wildman–Crippen LogP) is 12.6. The number of aliphatic carboxylic acids is 3. The molecule has 6 atom stereocenters. The Bertz CT molecular complexity index is 1720. The molecule has 0 aromatic carbocycles. The third kappa shape index (κ3) is 30.1. The van der Waals surface area contributed by atoms with Crippen LogP contribution in [0.25, 0.3) is 0 Å². The molecule has 6 unspecified atom stereocenters. The van der Waals surface area contributed by atoms with Crippen molar-refractivity contribution < 1.29 is 47.7 Å². The number of sulfone groups is 1. The second kappa shape index (κ2) is 31.5. The lowest BCUT2D eigenvalue weighted by Crippen LogP contribution is -2.31. The summed E-state index contributed by atoms with van der Waals surface area (Å²) in [6.07, 6.45) is 17.9. The van der Waals surface area contributed by atoms with E-state index >= 15 is 0 Å². The number of Topliss-reactive ketones (excluding diaryl/α,β-unsaturated/α-hetero) is 1. The summed E-state index contributed by atoms with van der Waals surface area (Å²) in [5.74, 6) is 0.891. The van der Waals surface area contributed by atoms with Crippen LogP contribution in [-0.2, 0) is 33.8 Å². The maximum atomic E-state index is 12.0. The first-order valence-corrected chi connectivity index (χ1v) is 30.5. The van der Waals surface area contributed by atoms with Crippen molar-refractivity contribution in [3.63, 3.8) is 0 Å². The third-order valence-corrected chi connectivity index (χ3v) is 17.2. The van der Waals surface area contributed by atoms with E-state index in [4.69, 9.17) is 10.2 Å². The molecule has 2 aliphatic heterocycles. The molecule has 0 bridgehead atoms. The van der Waals surface area contributed by atoms with Crippen LogP contribution < -0.4 is 10.6 Å². The van der Waals surface area contributed by atoms with Crippen molar-refractivity contribution in [3.05, 3.63) is 12.3 Å². The zero-order valence-electron chi connectivity index (χ0n) is 46.7. The lowest BCUT2D eigenvalue weighted by atomic mass is 9.64. The van der Waals surface area contributed by atoms with Crippen molar-refractivity contribution in [1.82, 2.24) is 10.6 Å². The van der Waals surface area contributed by atoms with E-state index < -0.39 is 39.1 Å². The van der Waals surface area contributed by atoms with Crippen LogP contribution in [0, 0.1) is 50.7 Å². The number of rotatable bonds is 23. The Morgan fingerprint density at radius 3 is 1.76 bits per heavy atom. The Morgan fingerprint density at radius 2 is 1.30 bits per heavy atom. The minimum atomic E-state index is -3.08. The van der Waals surface area contributed by atoms with Crippen LogP contribution in [-0.4, -0.2) is 100 Å². The number of carboxylic acids is 3. The van der Waals surface area contributed by atoms with Crippen molar-refractivity contribution >= 4 is 63.0 Å². The number of carboxylic acid groups (broad SMARTS) is 3. The van der Waals surface area contributed by atoms with Gasteiger partial charge in [0.1, 0.15) is 15.6 Å². The van der Waals surface area contributed by atoms with Gasteiger partial charge in [0.15, 0.2) is 0 Å². The molecule has 1 aliphatic carbocycles. The average molecular weight is 1050 g/mol. The lowest BCUT2D eigenvalue weighted by molar-refractivity contribution is -0.146. The minimum absolute atomic E-state index is 0.0682. The van der Waals surface area contributed by atoms with Crippen LogP contribution >= 0.6 is 23.5 Å². The molecular weight excluding hydrogens is 945 g/mol. The van der Waals surface area contributed by atoms with Gasteiger partial charge in [-0.15, -0.1) is 0 Å². The number of ketones is 1. The molecule has 1 amide bonds. The first-order valence-electron chi connectivity index (χ1n) is 26.2. The number of fused-ring (bicyclic) bond motifs is 1. The van der Waals surface area contributed by atoms with Gasteiger partial charge in [0.2, 0.25) is 5.91 Å². The van der Waals surface area contributed by atoms with E-state index in [1.807, 2.05) is 41.5 Å². The summed E-state index contributed by atoms with van der Waals surface area (Å²) < 4.78 is 21.8. The second-order valence-electron chi connectivity index (χ2n) is 25.0. The normalized spacial score (nSPS) is 20.3. The summed E-state index contributed by atoms with van der Waals surface area (Å²) in [7, 11) is -3.08. The molecule has 1 saturated carbocycles. The SMILES string of the molecule is C=C1CC2C(CSC2CCCCC(=O)NCCCCC(C(=O)O)C(C)(C)C)N1.CC(=O)CC1(CC(C)(C)C)CCCCC1.CC(C)(C)C(CCS(C)(=O)=O)C(=O)O.CCSCCC(C(=O)O)C(C)(C)C. The Balaban J connectivity index is 0.000000970. The summed E-state index contributed by atoms with van der Waals surface area (Å²) in [5.41, 5.74) is 1.12. The van der Waals surface area contributed by atoms with E-state index in [0.717, 1.165) is 68.6 Å². The molecule has 2 heterocycles. The number of amides is 1. The molecule has 0 aromatic rings. The van der Waals surface area contributed by atoms with E-state index in [9.17, 15) is 37.5 Å². The number of carbonyl (C=O) groups excluding carboxylic acids is 2. The number of hydrogen-bond donors (Lipinski definition) is 5. The molecule has 5 N–H and O–H groups in total. The molecule has 3 aliphatic rings. The van der Waals surface area contributed by atoms with Crippen molar-refractivity contribution in [2.24, 2.45) is 50.7 Å². The predicted molar refractivity (Wildman–Crippen MR) is 294 cm³/mol. The third-order valence-electron chi connectivity index (χ3n) is 13.7. The van der Waals surface area contributed by atoms with Gasteiger partial charge < -0.3 is 30.7 Å². The summed E-state index contributed by atoms with van der Waals surface area (Å²) >= 11 is 3.88. The maximum Gasteiger partial charge on any atom is 0.307 e. The number of unbranched alkanes of at least 4 members (excludes halogenated alkanes) is 2. The van der Waals surface area contributed by atoms with Crippen molar-refractivity contribution in [1.29, 1.82) is 0 Å². The molecule has 0 aromatic heterocycles. The highest BCUT2D eigenvalue weighted by Crippen LogP contribution is 2.47. The average Bonchev–Trinajstić information content (AvgIpc) is 3.73. The Hall–Kier alpha value is -2.26. The largest absolute Gasteiger partial charge is 0.481 e. The van der Waals surface area contributed by atoms with Gasteiger partial charge in [-0.05, 0) is 116 Å². The van der Waals surface area contributed by atoms with Gasteiger partial charge in [-0.2, -0.15) is 23.5 Å². The molecule has 410 valence electrons. The lowest BCUT2D eigenvalue weighted by Gasteiger charge is -2.41. The van der Waals surface area contributed by atoms with Crippen LogP contribution in [0.5, 0.6) is 0 Å². The number of hydrogen-bond acceptors (Lipinski definition) is 10. The van der Waals surface area contributed by atoms with E-state index in [1.165, 1.54) is 56.4 Å². The van der Waals surface area contributed by atoms with E-state index in [2.05, 4.69) is 56.7 Å². The highest BCUT2D eigenvalue weighted by molar-refractivity contribution is 8.00. The first-order chi connectivity index (χ1) is 31.9. The smallest absolute Gasteiger partial charge is 0.307 e. The Morgan fingerprint density at radius 1 is 0.786 bits per heavy atom. The molecule has 12 nitrogen and oxygen atoms in total.